The number of carbonyl (C=O) groups excluding carboxylic acids is 2. The van der Waals surface area contributed by atoms with Gasteiger partial charge in [0.1, 0.15) is 0 Å². The van der Waals surface area contributed by atoms with Gasteiger partial charge in [-0.3, -0.25) is 4.79 Å². The highest BCUT2D eigenvalue weighted by Gasteiger charge is 2.26. The average molecular weight is 331 g/mol. The van der Waals surface area contributed by atoms with Crippen LogP contribution in [0.4, 0.5) is 5.69 Å². The first-order chi connectivity index (χ1) is 11.0. The van der Waals surface area contributed by atoms with Gasteiger partial charge in [-0.2, -0.15) is 0 Å². The zero-order valence-electron chi connectivity index (χ0n) is 12.7. The second-order valence-corrected chi connectivity index (χ2v) is 5.81. The van der Waals surface area contributed by atoms with Gasteiger partial charge in [0.25, 0.3) is 0 Å². The van der Waals surface area contributed by atoms with Crippen LogP contribution in [0, 0.1) is 5.92 Å². The SMILES string of the molecule is C[C@H](c1ccccc1)[C@H](CC(=O)[O-])C(=O)Nc1ccc(Cl)cc1. The number of rotatable bonds is 6. The van der Waals surface area contributed by atoms with Crippen molar-refractivity contribution in [3.8, 4) is 0 Å². The largest absolute Gasteiger partial charge is 0.550 e. The Bertz CT molecular complexity index is 670. The molecule has 0 radical (unpaired) electrons. The second kappa shape index (κ2) is 7.79. The molecular weight excluding hydrogens is 314 g/mol. The lowest BCUT2D eigenvalue weighted by Crippen LogP contribution is -2.34. The first-order valence-electron chi connectivity index (χ1n) is 7.28. The monoisotopic (exact) mass is 330 g/mol. The molecule has 2 atom stereocenters. The molecule has 4 nitrogen and oxygen atoms in total. The van der Waals surface area contributed by atoms with Crippen molar-refractivity contribution >= 4 is 29.2 Å². The first kappa shape index (κ1) is 17.0. The molecule has 0 aliphatic carbocycles. The van der Waals surface area contributed by atoms with E-state index in [2.05, 4.69) is 5.32 Å². The number of carbonyl (C=O) groups is 2. The molecule has 0 heterocycles. The van der Waals surface area contributed by atoms with Crippen LogP contribution >= 0.6 is 11.6 Å². The zero-order valence-corrected chi connectivity index (χ0v) is 13.4. The Morgan fingerprint density at radius 3 is 2.26 bits per heavy atom. The van der Waals surface area contributed by atoms with E-state index < -0.39 is 11.9 Å². The summed E-state index contributed by atoms with van der Waals surface area (Å²) in [6.45, 7) is 1.84. The number of nitrogens with one attached hydrogen (secondary N) is 1. The molecule has 0 aliphatic heterocycles. The third-order valence-corrected chi connectivity index (χ3v) is 4.02. The minimum absolute atomic E-state index is 0.249. The Kier molecular flexibility index (Phi) is 5.77. The van der Waals surface area contributed by atoms with Gasteiger partial charge in [-0.05, 0) is 42.2 Å². The number of anilines is 1. The van der Waals surface area contributed by atoms with Crippen molar-refractivity contribution in [1.29, 1.82) is 0 Å². The fourth-order valence-corrected chi connectivity index (χ4v) is 2.56. The van der Waals surface area contributed by atoms with Crippen LogP contribution in [-0.4, -0.2) is 11.9 Å². The smallest absolute Gasteiger partial charge is 0.228 e. The van der Waals surface area contributed by atoms with Crippen molar-refractivity contribution < 1.29 is 14.7 Å². The van der Waals surface area contributed by atoms with E-state index in [4.69, 9.17) is 11.6 Å². The molecule has 23 heavy (non-hydrogen) atoms. The van der Waals surface area contributed by atoms with Gasteiger partial charge in [0.2, 0.25) is 5.91 Å². The Labute approximate surface area is 140 Å². The molecule has 0 spiro atoms. The number of carboxylic acids is 1. The molecular formula is C18H17ClNO3-. The number of hydrogen-bond acceptors (Lipinski definition) is 3. The molecule has 1 amide bonds. The summed E-state index contributed by atoms with van der Waals surface area (Å²) in [5.41, 5.74) is 1.48. The maximum Gasteiger partial charge on any atom is 0.228 e. The fourth-order valence-electron chi connectivity index (χ4n) is 2.43. The van der Waals surface area contributed by atoms with E-state index in [1.807, 2.05) is 37.3 Å². The number of amides is 1. The van der Waals surface area contributed by atoms with Gasteiger partial charge in [-0.1, -0.05) is 48.9 Å². The van der Waals surface area contributed by atoms with Crippen LogP contribution < -0.4 is 10.4 Å². The van der Waals surface area contributed by atoms with Crippen molar-refractivity contribution in [2.45, 2.75) is 19.3 Å². The third-order valence-electron chi connectivity index (χ3n) is 3.76. The predicted molar refractivity (Wildman–Crippen MR) is 88.1 cm³/mol. The zero-order chi connectivity index (χ0) is 16.8. The van der Waals surface area contributed by atoms with Crippen molar-refractivity contribution in [2.75, 3.05) is 5.32 Å². The van der Waals surface area contributed by atoms with E-state index in [9.17, 15) is 14.7 Å². The summed E-state index contributed by atoms with van der Waals surface area (Å²) in [6, 6.07) is 16.0. The molecule has 2 rings (SSSR count). The second-order valence-electron chi connectivity index (χ2n) is 5.38. The van der Waals surface area contributed by atoms with Gasteiger partial charge in [-0.25, -0.2) is 0 Å². The van der Waals surface area contributed by atoms with Crippen LogP contribution in [0.1, 0.15) is 24.8 Å². The standard InChI is InChI=1S/C18H18ClNO3/c1-12(13-5-3-2-4-6-13)16(11-17(21)22)18(23)20-15-9-7-14(19)8-10-15/h2-10,12,16H,11H2,1H3,(H,20,23)(H,21,22)/p-1/t12-,16+/m1/s1. The van der Waals surface area contributed by atoms with E-state index in [0.717, 1.165) is 5.56 Å². The van der Waals surface area contributed by atoms with Gasteiger partial charge in [0.15, 0.2) is 0 Å². The van der Waals surface area contributed by atoms with Crippen LogP contribution in [0.3, 0.4) is 0 Å². The van der Waals surface area contributed by atoms with Crippen molar-refractivity contribution in [2.24, 2.45) is 5.92 Å². The first-order valence-corrected chi connectivity index (χ1v) is 7.66. The number of benzene rings is 2. The summed E-state index contributed by atoms with van der Waals surface area (Å²) in [4.78, 5) is 23.6. The summed E-state index contributed by atoms with van der Waals surface area (Å²) in [5, 5.41) is 14.3. The van der Waals surface area contributed by atoms with Crippen LogP contribution in [0.5, 0.6) is 0 Å². The van der Waals surface area contributed by atoms with Crippen LogP contribution in [-0.2, 0) is 9.59 Å². The van der Waals surface area contributed by atoms with Crippen molar-refractivity contribution in [3.05, 3.63) is 65.2 Å². The van der Waals surface area contributed by atoms with Crippen LogP contribution in [0.25, 0.3) is 0 Å². The number of aliphatic carboxylic acids is 1. The number of halogens is 1. The Morgan fingerprint density at radius 2 is 1.70 bits per heavy atom. The minimum Gasteiger partial charge on any atom is -0.550 e. The molecule has 2 aromatic rings. The van der Waals surface area contributed by atoms with Crippen LogP contribution in [0.2, 0.25) is 5.02 Å². The molecule has 1 N–H and O–H groups in total. The molecule has 0 bridgehead atoms. The molecule has 2 aromatic carbocycles. The highest BCUT2D eigenvalue weighted by molar-refractivity contribution is 6.30. The summed E-state index contributed by atoms with van der Waals surface area (Å²) >= 11 is 5.81. The van der Waals surface area contributed by atoms with E-state index in [1.54, 1.807) is 24.3 Å². The third kappa shape index (κ3) is 4.83. The predicted octanol–water partition coefficient (Wildman–Crippen LogP) is 2.84. The Morgan fingerprint density at radius 1 is 1.09 bits per heavy atom. The van der Waals surface area contributed by atoms with E-state index >= 15 is 0 Å². The quantitative estimate of drug-likeness (QED) is 0.885. The van der Waals surface area contributed by atoms with E-state index in [1.165, 1.54) is 0 Å². The summed E-state index contributed by atoms with van der Waals surface area (Å²) in [5.74, 6) is -2.57. The molecule has 5 heteroatoms. The fraction of sp³-hybridized carbons (Fsp3) is 0.222. The maximum absolute atomic E-state index is 12.5. The van der Waals surface area contributed by atoms with Crippen molar-refractivity contribution in [3.63, 3.8) is 0 Å². The normalized spacial score (nSPS) is 13.1. The van der Waals surface area contributed by atoms with Gasteiger partial charge in [0, 0.05) is 16.7 Å². The lowest BCUT2D eigenvalue weighted by Gasteiger charge is -2.24. The van der Waals surface area contributed by atoms with Gasteiger partial charge in [0.05, 0.1) is 5.92 Å². The maximum atomic E-state index is 12.5. The topological polar surface area (TPSA) is 69.2 Å². The van der Waals surface area contributed by atoms with Crippen LogP contribution in [0.15, 0.2) is 54.6 Å². The Hall–Kier alpha value is -2.33. The summed E-state index contributed by atoms with van der Waals surface area (Å²) in [6.07, 6.45) is -0.338. The molecule has 0 unspecified atom stereocenters. The van der Waals surface area contributed by atoms with E-state index in [0.29, 0.717) is 10.7 Å². The Balaban J connectivity index is 2.18. The lowest BCUT2D eigenvalue weighted by molar-refractivity contribution is -0.306. The summed E-state index contributed by atoms with van der Waals surface area (Å²) < 4.78 is 0. The van der Waals surface area contributed by atoms with Crippen molar-refractivity contribution in [1.82, 2.24) is 0 Å². The molecule has 0 saturated heterocycles. The molecule has 120 valence electrons. The minimum atomic E-state index is -1.25. The van der Waals surface area contributed by atoms with Gasteiger partial charge >= 0.3 is 0 Å². The number of hydrogen-bond donors (Lipinski definition) is 1. The lowest BCUT2D eigenvalue weighted by atomic mass is 9.84. The molecule has 0 fully saturated rings. The summed E-state index contributed by atoms with van der Waals surface area (Å²) in [7, 11) is 0. The highest BCUT2D eigenvalue weighted by Crippen LogP contribution is 2.28. The average Bonchev–Trinajstić information content (AvgIpc) is 2.54. The van der Waals surface area contributed by atoms with Gasteiger partial charge in [-0.15, -0.1) is 0 Å². The van der Waals surface area contributed by atoms with Gasteiger partial charge < -0.3 is 15.2 Å². The highest BCUT2D eigenvalue weighted by atomic mass is 35.5. The molecule has 0 aliphatic rings. The molecule has 0 aromatic heterocycles. The molecule has 0 saturated carbocycles. The van der Waals surface area contributed by atoms with E-state index in [-0.39, 0.29) is 18.2 Å². The number of carboxylic acid groups (broad SMARTS) is 1.